The third-order valence-electron chi connectivity index (χ3n) is 4.33. The van der Waals surface area contributed by atoms with E-state index in [-0.39, 0.29) is 11.6 Å². The molecule has 1 amide bonds. The van der Waals surface area contributed by atoms with Gasteiger partial charge in [0, 0.05) is 12.1 Å². The summed E-state index contributed by atoms with van der Waals surface area (Å²) in [5.41, 5.74) is 1.81. The van der Waals surface area contributed by atoms with Crippen molar-refractivity contribution in [3.8, 4) is 0 Å². The molecule has 4 heteroatoms. The molecule has 1 N–H and O–H groups in total. The summed E-state index contributed by atoms with van der Waals surface area (Å²) in [5.74, 6) is 0. The molecule has 21 heavy (non-hydrogen) atoms. The number of carbonyl (C=O) groups excluding carboxylic acids is 1. The van der Waals surface area contributed by atoms with Crippen LogP contribution in [-0.4, -0.2) is 24.8 Å². The summed E-state index contributed by atoms with van der Waals surface area (Å²) in [6.45, 7) is 7.47. The molecular formula is C17H24N2O2. The van der Waals surface area contributed by atoms with Crippen molar-refractivity contribution in [2.45, 2.75) is 51.2 Å². The summed E-state index contributed by atoms with van der Waals surface area (Å²) in [6.07, 6.45) is 3.04. The quantitative estimate of drug-likeness (QED) is 0.795. The van der Waals surface area contributed by atoms with E-state index >= 15 is 0 Å². The number of benzene rings is 1. The highest BCUT2D eigenvalue weighted by Gasteiger charge is 2.42. The van der Waals surface area contributed by atoms with E-state index in [0.29, 0.717) is 6.54 Å². The van der Waals surface area contributed by atoms with Crippen molar-refractivity contribution in [3.63, 3.8) is 0 Å². The lowest BCUT2D eigenvalue weighted by molar-refractivity contribution is 0.0572. The van der Waals surface area contributed by atoms with E-state index in [1.54, 1.807) is 4.90 Å². The first-order valence-corrected chi connectivity index (χ1v) is 7.76. The van der Waals surface area contributed by atoms with Crippen LogP contribution in [0.15, 0.2) is 24.3 Å². The fourth-order valence-corrected chi connectivity index (χ4v) is 3.43. The fourth-order valence-electron chi connectivity index (χ4n) is 3.43. The van der Waals surface area contributed by atoms with Crippen molar-refractivity contribution >= 4 is 11.8 Å². The SMILES string of the molecule is CC(C)(C)OC(=O)N1CC[C@@]2(CCCN2)c2ccccc21. The minimum Gasteiger partial charge on any atom is -0.443 e. The number of rotatable bonds is 0. The largest absolute Gasteiger partial charge is 0.443 e. The third kappa shape index (κ3) is 2.64. The number of hydrogen-bond donors (Lipinski definition) is 1. The second-order valence-electron chi connectivity index (χ2n) is 7.01. The van der Waals surface area contributed by atoms with E-state index in [2.05, 4.69) is 17.4 Å². The maximum atomic E-state index is 12.5. The molecule has 1 spiro atoms. The molecule has 114 valence electrons. The number of fused-ring (bicyclic) bond motifs is 2. The third-order valence-corrected chi connectivity index (χ3v) is 4.33. The lowest BCUT2D eigenvalue weighted by Crippen LogP contribution is -2.48. The Hall–Kier alpha value is -1.55. The van der Waals surface area contributed by atoms with Crippen LogP contribution in [0.3, 0.4) is 0 Å². The topological polar surface area (TPSA) is 41.6 Å². The van der Waals surface area contributed by atoms with Gasteiger partial charge in [0.2, 0.25) is 0 Å². The van der Waals surface area contributed by atoms with Crippen LogP contribution in [-0.2, 0) is 10.3 Å². The monoisotopic (exact) mass is 288 g/mol. The summed E-state index contributed by atoms with van der Waals surface area (Å²) >= 11 is 0. The van der Waals surface area contributed by atoms with Crippen molar-refractivity contribution in [2.75, 3.05) is 18.0 Å². The van der Waals surface area contributed by atoms with E-state index in [9.17, 15) is 4.79 Å². The average Bonchev–Trinajstić information content (AvgIpc) is 2.87. The van der Waals surface area contributed by atoms with E-state index in [0.717, 1.165) is 25.1 Å². The Morgan fingerprint density at radius 2 is 2.05 bits per heavy atom. The van der Waals surface area contributed by atoms with E-state index in [1.165, 1.54) is 12.0 Å². The number of carbonyl (C=O) groups is 1. The van der Waals surface area contributed by atoms with Crippen LogP contribution >= 0.6 is 0 Å². The van der Waals surface area contributed by atoms with Gasteiger partial charge in [0.25, 0.3) is 0 Å². The molecule has 0 saturated carbocycles. The summed E-state index contributed by atoms with van der Waals surface area (Å²) in [4.78, 5) is 14.2. The molecule has 1 fully saturated rings. The Labute approximate surface area is 126 Å². The maximum Gasteiger partial charge on any atom is 0.414 e. The second kappa shape index (κ2) is 5.02. The molecule has 0 unspecified atom stereocenters. The van der Waals surface area contributed by atoms with Crippen molar-refractivity contribution in [1.29, 1.82) is 0 Å². The Kier molecular flexibility index (Phi) is 3.44. The number of hydrogen-bond acceptors (Lipinski definition) is 3. The lowest BCUT2D eigenvalue weighted by Gasteiger charge is -2.41. The predicted octanol–water partition coefficient (Wildman–Crippen LogP) is 3.41. The molecule has 2 aliphatic heterocycles. The highest BCUT2D eigenvalue weighted by molar-refractivity contribution is 5.90. The molecule has 0 bridgehead atoms. The standard InChI is InChI=1S/C17H24N2O2/c1-16(2,3)21-15(20)19-12-10-17(9-6-11-18-17)13-7-4-5-8-14(13)19/h4-5,7-8,18H,6,9-12H2,1-3H3/t17-/m0/s1. The van der Waals surface area contributed by atoms with Gasteiger partial charge in [0.15, 0.2) is 0 Å². The van der Waals surface area contributed by atoms with Gasteiger partial charge < -0.3 is 10.1 Å². The number of anilines is 1. The average molecular weight is 288 g/mol. The zero-order valence-electron chi connectivity index (χ0n) is 13.1. The van der Waals surface area contributed by atoms with Gasteiger partial charge >= 0.3 is 6.09 Å². The molecule has 0 aliphatic carbocycles. The summed E-state index contributed by atoms with van der Waals surface area (Å²) in [7, 11) is 0. The molecule has 4 nitrogen and oxygen atoms in total. The molecular weight excluding hydrogens is 264 g/mol. The van der Waals surface area contributed by atoms with Gasteiger partial charge in [-0.3, -0.25) is 4.90 Å². The Morgan fingerprint density at radius 1 is 1.29 bits per heavy atom. The minimum absolute atomic E-state index is 0.0507. The first-order chi connectivity index (χ1) is 9.91. The van der Waals surface area contributed by atoms with Crippen LogP contribution in [0.4, 0.5) is 10.5 Å². The molecule has 1 atom stereocenters. The Bertz CT molecular complexity index is 542. The molecule has 2 aliphatic rings. The van der Waals surface area contributed by atoms with Gasteiger partial charge in [-0.1, -0.05) is 18.2 Å². The van der Waals surface area contributed by atoms with Gasteiger partial charge in [0.1, 0.15) is 5.60 Å². The van der Waals surface area contributed by atoms with Crippen LogP contribution in [0.5, 0.6) is 0 Å². The Balaban J connectivity index is 1.93. The summed E-state index contributed by atoms with van der Waals surface area (Å²) in [6, 6.07) is 8.22. The Morgan fingerprint density at radius 3 is 2.71 bits per heavy atom. The van der Waals surface area contributed by atoms with Gasteiger partial charge in [-0.15, -0.1) is 0 Å². The van der Waals surface area contributed by atoms with Gasteiger partial charge in [-0.25, -0.2) is 4.79 Å². The van der Waals surface area contributed by atoms with Crippen LogP contribution in [0.25, 0.3) is 0 Å². The summed E-state index contributed by atoms with van der Waals surface area (Å²) < 4.78 is 5.55. The number of amides is 1. The summed E-state index contributed by atoms with van der Waals surface area (Å²) in [5, 5.41) is 3.66. The van der Waals surface area contributed by atoms with E-state index in [1.807, 2.05) is 32.9 Å². The number of nitrogens with zero attached hydrogens (tertiary/aromatic N) is 1. The lowest BCUT2D eigenvalue weighted by atomic mass is 9.81. The van der Waals surface area contributed by atoms with Crippen LogP contribution in [0, 0.1) is 0 Å². The fraction of sp³-hybridized carbons (Fsp3) is 0.588. The van der Waals surface area contributed by atoms with Crippen molar-refractivity contribution in [2.24, 2.45) is 0 Å². The molecule has 3 rings (SSSR count). The molecule has 0 aromatic heterocycles. The molecule has 1 saturated heterocycles. The number of para-hydroxylation sites is 1. The highest BCUT2D eigenvalue weighted by atomic mass is 16.6. The number of nitrogens with one attached hydrogen (secondary N) is 1. The normalized spacial score (nSPS) is 25.0. The maximum absolute atomic E-state index is 12.5. The van der Waals surface area contributed by atoms with Gasteiger partial charge in [-0.05, 0) is 58.2 Å². The zero-order valence-corrected chi connectivity index (χ0v) is 13.1. The first kappa shape index (κ1) is 14.4. The van der Waals surface area contributed by atoms with Crippen molar-refractivity contribution in [1.82, 2.24) is 5.32 Å². The van der Waals surface area contributed by atoms with Crippen LogP contribution in [0.1, 0.15) is 45.6 Å². The second-order valence-corrected chi connectivity index (χ2v) is 7.01. The predicted molar refractivity (Wildman–Crippen MR) is 83.6 cm³/mol. The number of ether oxygens (including phenoxy) is 1. The molecule has 1 aromatic rings. The van der Waals surface area contributed by atoms with Gasteiger partial charge in [0.05, 0.1) is 5.69 Å². The molecule has 1 aromatic carbocycles. The first-order valence-electron chi connectivity index (χ1n) is 7.76. The minimum atomic E-state index is -0.466. The van der Waals surface area contributed by atoms with Crippen molar-refractivity contribution in [3.05, 3.63) is 29.8 Å². The zero-order chi connectivity index (χ0) is 15.1. The smallest absolute Gasteiger partial charge is 0.414 e. The molecule has 2 heterocycles. The van der Waals surface area contributed by atoms with Crippen molar-refractivity contribution < 1.29 is 9.53 Å². The van der Waals surface area contributed by atoms with E-state index < -0.39 is 5.60 Å². The van der Waals surface area contributed by atoms with Gasteiger partial charge in [-0.2, -0.15) is 0 Å². The highest BCUT2D eigenvalue weighted by Crippen LogP contribution is 2.43. The van der Waals surface area contributed by atoms with E-state index in [4.69, 9.17) is 4.74 Å². The van der Waals surface area contributed by atoms with Crippen LogP contribution < -0.4 is 10.2 Å². The van der Waals surface area contributed by atoms with Crippen LogP contribution in [0.2, 0.25) is 0 Å². The molecule has 0 radical (unpaired) electrons.